The largest absolute Gasteiger partial charge is 1.00 e. The summed E-state index contributed by atoms with van der Waals surface area (Å²) >= 11 is 4.77. The van der Waals surface area contributed by atoms with E-state index in [9.17, 15) is 33.7 Å². The second-order valence-corrected chi connectivity index (χ2v) is 29.2. The van der Waals surface area contributed by atoms with Crippen LogP contribution in [0.1, 0.15) is 35.8 Å². The number of nitrogens with zero attached hydrogens (tertiary/aromatic N) is 5. The van der Waals surface area contributed by atoms with Gasteiger partial charge in [0.1, 0.15) is 0 Å². The van der Waals surface area contributed by atoms with Crippen LogP contribution in [0.15, 0.2) is 127 Å². The summed E-state index contributed by atoms with van der Waals surface area (Å²) in [6, 6.07) is 40.2. The van der Waals surface area contributed by atoms with E-state index in [1.807, 2.05) is 99.6 Å². The summed E-state index contributed by atoms with van der Waals surface area (Å²) in [4.78, 5) is 15.6. The number of anilines is 3. The van der Waals surface area contributed by atoms with Gasteiger partial charge < -0.3 is 16.1 Å². The van der Waals surface area contributed by atoms with Gasteiger partial charge in [0.05, 0.1) is 82.1 Å². The summed E-state index contributed by atoms with van der Waals surface area (Å²) in [5.74, 6) is 0. The molecule has 0 amide bonds. The first kappa shape index (κ1) is 66.7. The van der Waals surface area contributed by atoms with Crippen LogP contribution in [0.5, 0.6) is 0 Å². The molecule has 4 N–H and O–H groups in total. The van der Waals surface area contributed by atoms with E-state index in [4.69, 9.17) is 5.73 Å². The monoisotopic (exact) mass is 1210 g/mol. The standard InChI is InChI=1S/C16H16N2O4S3.C15H14N2O2S2.C14H12N2S.C6H15N.CH3ClO2S.Na.H2O/c1-11-17-14-10-15(18(24(2,19)20)25(3,21)22)13(9-16(14)23-11)12-7-5-4-6-8-12;1-10-16-14-9-13(17-21(2,18)19)12(8-15(14)20-10)11-6-4-3-5-7-11;1-9-16-13-8-12(15)11(7-14(13)17-9)10-5-3-2-4-6-10;1-4-7(5-2)6-3;1-5(2,3)4;;/h4-10H,1-3H3;3-9,17H,1-2H3;2-8H,15H2,1H3;4-6H2,1-3H3;1H3;;1H2/q;;;;;+1;/p-1. The first-order chi connectivity index (χ1) is 35.1. The van der Waals surface area contributed by atoms with Gasteiger partial charge in [0.2, 0.25) is 39.1 Å². The molecule has 3 aromatic heterocycles. The van der Waals surface area contributed by atoms with Crippen LogP contribution >= 0.6 is 44.7 Å². The molecule has 0 aliphatic carbocycles. The van der Waals surface area contributed by atoms with Gasteiger partial charge in [-0.1, -0.05) is 112 Å². The minimum Gasteiger partial charge on any atom is -0.870 e. The van der Waals surface area contributed by atoms with Gasteiger partial charge in [-0.25, -0.2) is 48.6 Å². The van der Waals surface area contributed by atoms with Crippen LogP contribution in [0, 0.1) is 20.8 Å². The zero-order chi connectivity index (χ0) is 55.5. The molecule has 0 bridgehead atoms. The fourth-order valence-electron chi connectivity index (χ4n) is 7.55. The zero-order valence-electron chi connectivity index (χ0n) is 44.5. The van der Waals surface area contributed by atoms with E-state index in [0.717, 1.165) is 94.0 Å². The molecule has 0 radical (unpaired) electrons. The number of nitrogens with two attached hydrogens (primary N) is 1. The van der Waals surface area contributed by atoms with E-state index in [2.05, 4.69) is 74.2 Å². The fourth-order valence-corrected chi connectivity index (χ4v) is 13.7. The number of fused-ring (bicyclic) bond motifs is 3. The van der Waals surface area contributed by atoms with E-state index in [-0.39, 0.29) is 40.7 Å². The van der Waals surface area contributed by atoms with Gasteiger partial charge in [0, 0.05) is 33.1 Å². The Bertz CT molecular complexity index is 3800. The molecule has 0 saturated heterocycles. The molecule has 408 valence electrons. The molecule has 0 aliphatic heterocycles. The molecule has 16 nitrogen and oxygen atoms in total. The molecule has 0 atom stereocenters. The van der Waals surface area contributed by atoms with Crippen molar-refractivity contribution in [3.63, 3.8) is 0 Å². The van der Waals surface area contributed by atoms with E-state index >= 15 is 0 Å². The zero-order valence-corrected chi connectivity index (χ0v) is 53.0. The summed E-state index contributed by atoms with van der Waals surface area (Å²) in [5.41, 5.74) is 15.2. The Morgan fingerprint density at radius 2 is 0.844 bits per heavy atom. The minimum absolute atomic E-state index is 0. The van der Waals surface area contributed by atoms with Gasteiger partial charge in [-0.15, -0.1) is 34.0 Å². The summed E-state index contributed by atoms with van der Waals surface area (Å²) in [6.07, 6.45) is 3.82. The molecule has 0 unspecified atom stereocenters. The van der Waals surface area contributed by atoms with Crippen molar-refractivity contribution in [2.24, 2.45) is 0 Å². The van der Waals surface area contributed by atoms with Crippen molar-refractivity contribution in [1.29, 1.82) is 0 Å². The molecule has 0 spiro atoms. The Labute approximate surface area is 491 Å². The first-order valence-corrected chi connectivity index (χ1v) is 33.8. The van der Waals surface area contributed by atoms with Crippen molar-refractivity contribution in [3.05, 3.63) is 142 Å². The second kappa shape index (κ2) is 29.0. The number of hydrogen-bond donors (Lipinski definition) is 2. The first-order valence-electron chi connectivity index (χ1n) is 23.0. The predicted molar refractivity (Wildman–Crippen MR) is 321 cm³/mol. The average molecular weight is 1210 g/mol. The average Bonchev–Trinajstić information content (AvgIpc) is 4.00. The number of aryl methyl sites for hydroxylation is 3. The molecule has 0 fully saturated rings. The third kappa shape index (κ3) is 20.2. The predicted octanol–water partition coefficient (Wildman–Crippen LogP) is 8.85. The van der Waals surface area contributed by atoms with Crippen molar-refractivity contribution in [2.45, 2.75) is 41.5 Å². The number of thiazole rings is 3. The number of benzene rings is 6. The van der Waals surface area contributed by atoms with Crippen molar-refractivity contribution in [3.8, 4) is 33.4 Å². The second-order valence-electron chi connectivity index (χ2n) is 16.8. The molecule has 9 rings (SSSR count). The maximum absolute atomic E-state index is 12.2. The molecule has 77 heavy (non-hydrogen) atoms. The van der Waals surface area contributed by atoms with Crippen molar-refractivity contribution in [2.75, 3.05) is 58.8 Å². The van der Waals surface area contributed by atoms with Gasteiger partial charge in [0.25, 0.3) is 0 Å². The van der Waals surface area contributed by atoms with Crippen LogP contribution in [-0.4, -0.2) is 104 Å². The van der Waals surface area contributed by atoms with E-state index in [1.165, 1.54) is 41.7 Å². The molecule has 0 saturated carbocycles. The maximum Gasteiger partial charge on any atom is 1.00 e. The van der Waals surface area contributed by atoms with Crippen LogP contribution < -0.4 is 43.7 Å². The summed E-state index contributed by atoms with van der Waals surface area (Å²) in [7, 11) is -10.1. The topological polar surface area (TPSA) is 250 Å². The summed E-state index contributed by atoms with van der Waals surface area (Å²) in [5, 5.41) is 2.85. The molecule has 25 heteroatoms. The molecule has 6 aromatic carbocycles. The molecular formula is C52H61ClN7NaO9S7. The van der Waals surface area contributed by atoms with Crippen LogP contribution in [0.4, 0.5) is 17.1 Å². The molecule has 3 heterocycles. The number of halogens is 1. The van der Waals surface area contributed by atoms with Gasteiger partial charge in [-0.05, 0) is 93.5 Å². The molecule has 0 aliphatic rings. The van der Waals surface area contributed by atoms with Gasteiger partial charge in [-0.3, -0.25) is 4.72 Å². The van der Waals surface area contributed by atoms with Crippen molar-refractivity contribution in [1.82, 2.24) is 19.9 Å². The number of sulfonamides is 3. The summed E-state index contributed by atoms with van der Waals surface area (Å²) in [6.45, 7) is 15.9. The molecular weight excluding hydrogens is 1150 g/mol. The number of nitrogens with one attached hydrogen (secondary N) is 1. The Morgan fingerprint density at radius 3 is 1.19 bits per heavy atom. The number of rotatable bonds is 11. The van der Waals surface area contributed by atoms with Gasteiger partial charge in [-0.2, -0.15) is 3.71 Å². The Balaban J connectivity index is 0.000000274. The van der Waals surface area contributed by atoms with Gasteiger partial charge in [0.15, 0.2) is 0 Å². The minimum atomic E-state index is -4.05. The van der Waals surface area contributed by atoms with Crippen LogP contribution in [0.25, 0.3) is 64.0 Å². The third-order valence-corrected chi connectivity index (χ3v) is 17.2. The quantitative estimate of drug-likeness (QED) is 0.0698. The van der Waals surface area contributed by atoms with Crippen LogP contribution in [0.2, 0.25) is 0 Å². The smallest absolute Gasteiger partial charge is 0.870 e. The third-order valence-electron chi connectivity index (χ3n) is 10.6. The van der Waals surface area contributed by atoms with E-state index in [0.29, 0.717) is 20.5 Å². The van der Waals surface area contributed by atoms with Crippen molar-refractivity contribution >= 4 is 132 Å². The Kier molecular flexibility index (Phi) is 25.1. The van der Waals surface area contributed by atoms with E-state index in [1.54, 1.807) is 46.9 Å². The number of aromatic nitrogens is 3. The maximum atomic E-state index is 12.2. The number of nitrogen functional groups attached to an aromatic ring is 1. The van der Waals surface area contributed by atoms with Crippen LogP contribution in [0.3, 0.4) is 0 Å². The number of hydrogen-bond acceptors (Lipinski definition) is 17. The van der Waals surface area contributed by atoms with Gasteiger partial charge >= 0.3 is 29.6 Å². The molecule has 9 aromatic rings. The fraction of sp³-hybridized carbons (Fsp3) is 0.250. The Morgan fingerprint density at radius 1 is 0.519 bits per heavy atom. The van der Waals surface area contributed by atoms with E-state index < -0.39 is 39.1 Å². The van der Waals surface area contributed by atoms with Crippen LogP contribution in [-0.2, 0) is 39.1 Å². The van der Waals surface area contributed by atoms with Crippen molar-refractivity contribution < 1.29 is 68.7 Å². The summed E-state index contributed by atoms with van der Waals surface area (Å²) < 4.78 is 97.1. The SMILES string of the molecule is CCN(CC)CC.CS(=O)(=O)Cl.Cc1nc2cc(N(S(C)(=O)=O)S(C)(=O)=O)c(-c3ccccc3)cc2s1.Cc1nc2cc(N)c(-c3ccccc3)cc2s1.Cc1nc2cc(NS(C)(=O)=O)c(-c3ccccc3)cc2s1.[Na+].[OH-]. The normalized spacial score (nSPS) is 11.3. The Hall–Kier alpha value is -4.60.